The number of carbonyl (C=O) groups excluding carboxylic acids is 1. The molecule has 0 aliphatic carbocycles. The Labute approximate surface area is 135 Å². The minimum absolute atomic E-state index is 0.221. The molecule has 2 N–H and O–H groups in total. The number of benzene rings is 2. The van der Waals surface area contributed by atoms with Gasteiger partial charge in [0.15, 0.2) is 0 Å². The summed E-state index contributed by atoms with van der Waals surface area (Å²) < 4.78 is 95.6. The highest BCUT2D eigenvalue weighted by molar-refractivity contribution is 5.97. The van der Waals surface area contributed by atoms with Gasteiger partial charge in [0.25, 0.3) is 5.91 Å². The minimum Gasteiger partial charge on any atom is -0.457 e. The number of hydrogen-bond acceptors (Lipinski definition) is 2. The number of amides is 1. The summed E-state index contributed by atoms with van der Waals surface area (Å²) in [6.45, 7) is 0. The molecule has 0 bridgehead atoms. The second-order valence-electron chi connectivity index (χ2n) is 4.81. The summed E-state index contributed by atoms with van der Waals surface area (Å²) in [5.41, 5.74) is 0.0681. The Bertz CT molecular complexity index is 795. The van der Waals surface area contributed by atoms with Gasteiger partial charge in [0.2, 0.25) is 0 Å². The SMILES string of the molecule is NC(=O)c1c(Oc2ccc(F)cc2)cc(C(F)(F)F)cc1C(F)(F)F. The van der Waals surface area contributed by atoms with Crippen molar-refractivity contribution < 1.29 is 40.3 Å². The van der Waals surface area contributed by atoms with E-state index in [2.05, 4.69) is 0 Å². The molecule has 2 aromatic carbocycles. The molecule has 0 spiro atoms. The third-order valence-electron chi connectivity index (χ3n) is 3.02. The van der Waals surface area contributed by atoms with Gasteiger partial charge in [0.1, 0.15) is 17.3 Å². The summed E-state index contributed by atoms with van der Waals surface area (Å²) >= 11 is 0. The van der Waals surface area contributed by atoms with Crippen LogP contribution in [-0.4, -0.2) is 5.91 Å². The Morgan fingerprint density at radius 2 is 1.48 bits per heavy atom. The molecule has 1 amide bonds. The van der Waals surface area contributed by atoms with Gasteiger partial charge in [-0.25, -0.2) is 4.39 Å². The summed E-state index contributed by atoms with van der Waals surface area (Å²) in [5, 5.41) is 0. The van der Waals surface area contributed by atoms with Crippen molar-refractivity contribution in [3.8, 4) is 11.5 Å². The van der Waals surface area contributed by atoms with E-state index in [1.54, 1.807) is 0 Å². The van der Waals surface area contributed by atoms with E-state index in [0.29, 0.717) is 0 Å². The molecule has 10 heteroatoms. The molecule has 0 atom stereocenters. The maximum Gasteiger partial charge on any atom is 0.417 e. The number of carbonyl (C=O) groups is 1. The predicted molar refractivity (Wildman–Crippen MR) is 71.4 cm³/mol. The molecule has 0 aliphatic heterocycles. The van der Waals surface area contributed by atoms with Gasteiger partial charge in [0.05, 0.1) is 16.7 Å². The highest BCUT2D eigenvalue weighted by atomic mass is 19.4. The van der Waals surface area contributed by atoms with E-state index in [1.165, 1.54) is 0 Å². The monoisotopic (exact) mass is 367 g/mol. The lowest BCUT2D eigenvalue weighted by Crippen LogP contribution is -2.21. The van der Waals surface area contributed by atoms with Crippen molar-refractivity contribution in [2.45, 2.75) is 12.4 Å². The largest absolute Gasteiger partial charge is 0.457 e. The molecule has 0 saturated carbocycles. The molecular weight excluding hydrogens is 359 g/mol. The summed E-state index contributed by atoms with van der Waals surface area (Å²) in [7, 11) is 0. The first-order chi connectivity index (χ1) is 11.4. The first kappa shape index (κ1) is 18.6. The van der Waals surface area contributed by atoms with Crippen LogP contribution in [0.5, 0.6) is 11.5 Å². The van der Waals surface area contributed by atoms with Gasteiger partial charge in [-0.2, -0.15) is 26.3 Å². The summed E-state index contributed by atoms with van der Waals surface area (Å²) in [6, 6.07) is 3.67. The van der Waals surface area contributed by atoms with Gasteiger partial charge in [0, 0.05) is 0 Å². The molecule has 0 radical (unpaired) electrons. The fraction of sp³-hybridized carbons (Fsp3) is 0.133. The molecule has 134 valence electrons. The first-order valence-electron chi connectivity index (χ1n) is 6.45. The van der Waals surface area contributed by atoms with Gasteiger partial charge in [-0.1, -0.05) is 0 Å². The lowest BCUT2D eigenvalue weighted by Gasteiger charge is -2.18. The van der Waals surface area contributed by atoms with Crippen molar-refractivity contribution >= 4 is 5.91 Å². The lowest BCUT2D eigenvalue weighted by molar-refractivity contribution is -0.143. The molecule has 2 rings (SSSR count). The fourth-order valence-corrected chi connectivity index (χ4v) is 1.97. The molecular formula is C15H8F7NO2. The van der Waals surface area contributed by atoms with Crippen LogP contribution in [0.1, 0.15) is 21.5 Å². The molecule has 0 aliphatic rings. The van der Waals surface area contributed by atoms with Crippen molar-refractivity contribution in [2.75, 3.05) is 0 Å². The average molecular weight is 367 g/mol. The van der Waals surface area contributed by atoms with Crippen LogP contribution in [0, 0.1) is 5.82 Å². The standard InChI is InChI=1S/C15H8F7NO2/c16-8-1-3-9(4-2-8)25-11-6-7(14(17,18)19)5-10(15(20,21)22)12(11)13(23)24/h1-6H,(H2,23,24). The smallest absolute Gasteiger partial charge is 0.417 e. The van der Waals surface area contributed by atoms with E-state index in [1.807, 2.05) is 0 Å². The van der Waals surface area contributed by atoms with Crippen LogP contribution >= 0.6 is 0 Å². The summed E-state index contributed by atoms with van der Waals surface area (Å²) in [4.78, 5) is 11.4. The maximum atomic E-state index is 13.1. The number of primary amides is 1. The Morgan fingerprint density at radius 1 is 0.920 bits per heavy atom. The van der Waals surface area contributed by atoms with Crippen LogP contribution in [-0.2, 0) is 12.4 Å². The Balaban J connectivity index is 2.70. The zero-order chi connectivity index (χ0) is 19.0. The van der Waals surface area contributed by atoms with Gasteiger partial charge in [-0.05, 0) is 36.4 Å². The second kappa shape index (κ2) is 6.26. The van der Waals surface area contributed by atoms with Gasteiger partial charge >= 0.3 is 12.4 Å². The molecule has 3 nitrogen and oxygen atoms in total. The van der Waals surface area contributed by atoms with Crippen molar-refractivity contribution in [3.05, 3.63) is 58.9 Å². The third kappa shape index (κ3) is 4.20. The van der Waals surface area contributed by atoms with Crippen LogP contribution in [0.25, 0.3) is 0 Å². The van der Waals surface area contributed by atoms with E-state index in [9.17, 15) is 35.5 Å². The topological polar surface area (TPSA) is 52.3 Å². The molecule has 25 heavy (non-hydrogen) atoms. The van der Waals surface area contributed by atoms with E-state index in [-0.39, 0.29) is 17.9 Å². The zero-order valence-electron chi connectivity index (χ0n) is 12.0. The van der Waals surface area contributed by atoms with Crippen molar-refractivity contribution in [2.24, 2.45) is 5.73 Å². The summed E-state index contributed by atoms with van der Waals surface area (Å²) in [5.74, 6) is -3.65. The van der Waals surface area contributed by atoms with Gasteiger partial charge < -0.3 is 10.5 Å². The van der Waals surface area contributed by atoms with E-state index in [0.717, 1.165) is 24.3 Å². The highest BCUT2D eigenvalue weighted by Crippen LogP contribution is 2.42. The quantitative estimate of drug-likeness (QED) is 0.796. The average Bonchev–Trinajstić information content (AvgIpc) is 2.46. The van der Waals surface area contributed by atoms with Gasteiger partial charge in [-0.3, -0.25) is 4.79 Å². The minimum atomic E-state index is -5.29. The Morgan fingerprint density at radius 3 is 1.92 bits per heavy atom. The van der Waals surface area contributed by atoms with Crippen LogP contribution in [0.4, 0.5) is 30.7 Å². The Kier molecular flexibility index (Phi) is 4.65. The number of nitrogens with two attached hydrogens (primary N) is 1. The van der Waals surface area contributed by atoms with E-state index >= 15 is 0 Å². The molecule has 2 aromatic rings. The van der Waals surface area contributed by atoms with Crippen molar-refractivity contribution in [3.63, 3.8) is 0 Å². The van der Waals surface area contributed by atoms with Crippen LogP contribution < -0.4 is 10.5 Å². The third-order valence-corrected chi connectivity index (χ3v) is 3.02. The Hall–Kier alpha value is -2.78. The second-order valence-corrected chi connectivity index (χ2v) is 4.81. The van der Waals surface area contributed by atoms with Crippen molar-refractivity contribution in [1.82, 2.24) is 0 Å². The molecule has 0 fully saturated rings. The fourth-order valence-electron chi connectivity index (χ4n) is 1.97. The predicted octanol–water partition coefficient (Wildman–Crippen LogP) is 4.75. The van der Waals surface area contributed by atoms with Crippen LogP contribution in [0.3, 0.4) is 0 Å². The first-order valence-corrected chi connectivity index (χ1v) is 6.45. The van der Waals surface area contributed by atoms with E-state index in [4.69, 9.17) is 10.5 Å². The van der Waals surface area contributed by atoms with Gasteiger partial charge in [-0.15, -0.1) is 0 Å². The molecule has 0 aromatic heterocycles. The number of rotatable bonds is 3. The van der Waals surface area contributed by atoms with Crippen LogP contribution in [0.2, 0.25) is 0 Å². The number of hydrogen-bond donors (Lipinski definition) is 1. The number of halogens is 7. The summed E-state index contributed by atoms with van der Waals surface area (Å²) in [6.07, 6.45) is -10.4. The normalized spacial score (nSPS) is 12.1. The number of ether oxygens (including phenoxy) is 1. The molecule has 0 unspecified atom stereocenters. The molecule has 0 saturated heterocycles. The van der Waals surface area contributed by atoms with Crippen molar-refractivity contribution in [1.29, 1.82) is 0 Å². The van der Waals surface area contributed by atoms with Crippen LogP contribution in [0.15, 0.2) is 36.4 Å². The maximum absolute atomic E-state index is 13.1. The highest BCUT2D eigenvalue weighted by Gasteiger charge is 2.41. The molecule has 0 heterocycles. The zero-order valence-corrected chi connectivity index (χ0v) is 12.0. The lowest BCUT2D eigenvalue weighted by atomic mass is 10.0. The number of alkyl halides is 6. The van der Waals surface area contributed by atoms with E-state index < -0.39 is 46.5 Å².